The van der Waals surface area contributed by atoms with Gasteiger partial charge >= 0.3 is 0 Å². The Labute approximate surface area is 192 Å². The molecule has 0 fully saturated rings. The van der Waals surface area contributed by atoms with Crippen molar-refractivity contribution in [1.82, 2.24) is 9.66 Å². The van der Waals surface area contributed by atoms with Gasteiger partial charge in [0.1, 0.15) is 17.6 Å². The normalized spacial score (nSPS) is 11.3. The predicted octanol–water partition coefficient (Wildman–Crippen LogP) is 5.59. The highest BCUT2D eigenvalue weighted by atomic mass is 79.9. The Morgan fingerprint density at radius 1 is 1.24 bits per heavy atom. The highest BCUT2D eigenvalue weighted by molar-refractivity contribution is 9.11. The van der Waals surface area contributed by atoms with E-state index in [-0.39, 0.29) is 18.1 Å². The number of nitrogens with zero attached hydrogens (tertiary/aromatic N) is 4. The minimum absolute atomic E-state index is 0.00752. The van der Waals surface area contributed by atoms with Crippen molar-refractivity contribution in [2.45, 2.75) is 19.8 Å². The van der Waals surface area contributed by atoms with E-state index in [0.717, 1.165) is 10.0 Å². The molecule has 0 amide bonds. The van der Waals surface area contributed by atoms with Crippen LogP contribution in [-0.2, 0) is 0 Å². The molecule has 0 atom stereocenters. The van der Waals surface area contributed by atoms with Gasteiger partial charge in [-0.2, -0.15) is 15.0 Å². The Morgan fingerprint density at radius 3 is 2.55 bits per heavy atom. The summed E-state index contributed by atoms with van der Waals surface area (Å²) in [5, 5.41) is 13.6. The van der Waals surface area contributed by atoms with Crippen molar-refractivity contribution in [2.75, 3.05) is 6.61 Å². The lowest BCUT2D eigenvalue weighted by Crippen LogP contribution is -2.23. The molecule has 6 nitrogen and oxygen atoms in total. The fourth-order valence-electron chi connectivity index (χ4n) is 2.67. The Hall–Kier alpha value is -2.02. The summed E-state index contributed by atoms with van der Waals surface area (Å²) >= 11 is 10.3. The molecule has 0 aliphatic heterocycles. The highest BCUT2D eigenvalue weighted by Gasteiger charge is 2.14. The van der Waals surface area contributed by atoms with E-state index in [9.17, 15) is 4.79 Å². The molecule has 0 spiro atoms. The number of rotatable bonds is 5. The molecule has 0 radical (unpaired) electrons. The van der Waals surface area contributed by atoms with Gasteiger partial charge in [0, 0.05) is 10.4 Å². The maximum Gasteiger partial charge on any atom is 0.282 e. The second-order valence-corrected chi connectivity index (χ2v) is 9.03. The molecule has 0 bridgehead atoms. The van der Waals surface area contributed by atoms with Crippen LogP contribution in [0.5, 0.6) is 5.75 Å². The average molecular weight is 583 g/mol. The van der Waals surface area contributed by atoms with Crippen molar-refractivity contribution in [2.24, 2.45) is 5.10 Å². The maximum absolute atomic E-state index is 13.1. The Morgan fingerprint density at radius 2 is 1.93 bits per heavy atom. The van der Waals surface area contributed by atoms with Crippen LogP contribution in [0.3, 0.4) is 0 Å². The van der Waals surface area contributed by atoms with Gasteiger partial charge in [0.25, 0.3) is 5.56 Å². The maximum atomic E-state index is 13.1. The first kappa shape index (κ1) is 21.7. The number of nitriles is 1. The zero-order valence-corrected chi connectivity index (χ0v) is 20.2. The number of benzene rings is 2. The Kier molecular flexibility index (Phi) is 6.88. The first-order valence-corrected chi connectivity index (χ1v) is 10.9. The standard InChI is InChI=1S/C20H15Br3N4O2/c1-11(2)19-26-17-4-3-13(21)9-14(17)20(28)27(19)25-10-12-7-15(22)18(16(23)8-12)29-6-5-24/h3-4,7-11H,6H2,1-2H3. The van der Waals surface area contributed by atoms with Crippen molar-refractivity contribution in [3.63, 3.8) is 0 Å². The fraction of sp³-hybridized carbons (Fsp3) is 0.200. The molecule has 3 aromatic rings. The Bertz CT molecular complexity index is 1190. The van der Waals surface area contributed by atoms with Crippen LogP contribution < -0.4 is 10.3 Å². The minimum Gasteiger partial charge on any atom is -0.476 e. The molecule has 0 unspecified atom stereocenters. The van der Waals surface area contributed by atoms with Crippen molar-refractivity contribution in [3.8, 4) is 11.8 Å². The van der Waals surface area contributed by atoms with Gasteiger partial charge in [-0.15, -0.1) is 0 Å². The molecular formula is C20H15Br3N4O2. The third kappa shape index (κ3) is 4.77. The zero-order valence-electron chi connectivity index (χ0n) is 15.5. The van der Waals surface area contributed by atoms with Crippen LogP contribution in [0.4, 0.5) is 0 Å². The van der Waals surface area contributed by atoms with Gasteiger partial charge in [0.15, 0.2) is 6.61 Å². The quantitative estimate of drug-likeness (QED) is 0.367. The van der Waals surface area contributed by atoms with Gasteiger partial charge < -0.3 is 4.74 Å². The van der Waals surface area contributed by atoms with Crippen LogP contribution >= 0.6 is 47.8 Å². The average Bonchev–Trinajstić information content (AvgIpc) is 2.67. The summed E-state index contributed by atoms with van der Waals surface area (Å²) < 4.78 is 8.87. The molecule has 1 heterocycles. The fourth-order valence-corrected chi connectivity index (χ4v) is 4.48. The van der Waals surface area contributed by atoms with Crippen LogP contribution in [-0.4, -0.2) is 22.5 Å². The molecule has 0 aliphatic carbocycles. The monoisotopic (exact) mass is 580 g/mol. The van der Waals surface area contributed by atoms with E-state index in [1.807, 2.05) is 32.0 Å². The van der Waals surface area contributed by atoms with Gasteiger partial charge in [-0.25, -0.2) is 4.98 Å². The van der Waals surface area contributed by atoms with E-state index in [0.29, 0.717) is 31.4 Å². The lowest BCUT2D eigenvalue weighted by atomic mass is 10.2. The smallest absolute Gasteiger partial charge is 0.282 e. The first-order chi connectivity index (χ1) is 13.8. The molecular weight excluding hydrogens is 568 g/mol. The van der Waals surface area contributed by atoms with E-state index in [1.54, 1.807) is 24.4 Å². The van der Waals surface area contributed by atoms with Crippen molar-refractivity contribution in [3.05, 3.63) is 65.5 Å². The molecule has 0 saturated heterocycles. The third-order valence-corrected chi connectivity index (χ3v) is 5.65. The lowest BCUT2D eigenvalue weighted by Gasteiger charge is -2.12. The molecule has 9 heteroatoms. The molecule has 0 saturated carbocycles. The van der Waals surface area contributed by atoms with E-state index in [4.69, 9.17) is 10.00 Å². The summed E-state index contributed by atoms with van der Waals surface area (Å²) in [5.74, 6) is 1.11. The van der Waals surface area contributed by atoms with E-state index in [1.165, 1.54) is 4.68 Å². The van der Waals surface area contributed by atoms with Crippen LogP contribution in [0, 0.1) is 11.3 Å². The van der Waals surface area contributed by atoms with Crippen LogP contribution in [0.15, 0.2) is 53.6 Å². The molecule has 0 aliphatic rings. The SMILES string of the molecule is CC(C)c1nc2ccc(Br)cc2c(=O)n1N=Cc1cc(Br)c(OCC#N)c(Br)c1. The first-order valence-electron chi connectivity index (χ1n) is 8.57. The number of halogens is 3. The third-order valence-electron chi connectivity index (χ3n) is 3.97. The van der Waals surface area contributed by atoms with E-state index < -0.39 is 0 Å². The van der Waals surface area contributed by atoms with Crippen molar-refractivity contribution >= 4 is 64.9 Å². The van der Waals surface area contributed by atoms with Gasteiger partial charge in [0.2, 0.25) is 0 Å². The van der Waals surface area contributed by atoms with Crippen LogP contribution in [0.1, 0.15) is 31.2 Å². The largest absolute Gasteiger partial charge is 0.476 e. The van der Waals surface area contributed by atoms with Crippen molar-refractivity contribution < 1.29 is 4.74 Å². The van der Waals surface area contributed by atoms with Gasteiger partial charge in [-0.05, 0) is 67.8 Å². The summed E-state index contributed by atoms with van der Waals surface area (Å²) in [6, 6.07) is 10.9. The summed E-state index contributed by atoms with van der Waals surface area (Å²) in [6.07, 6.45) is 1.59. The van der Waals surface area contributed by atoms with Crippen LogP contribution in [0.25, 0.3) is 10.9 Å². The topological polar surface area (TPSA) is 80.3 Å². The van der Waals surface area contributed by atoms with Crippen LogP contribution in [0.2, 0.25) is 0 Å². The summed E-state index contributed by atoms with van der Waals surface area (Å²) in [6.45, 7) is 3.87. The molecule has 1 aromatic heterocycles. The number of hydrogen-bond acceptors (Lipinski definition) is 5. The predicted molar refractivity (Wildman–Crippen MR) is 124 cm³/mol. The summed E-state index contributed by atoms with van der Waals surface area (Å²) in [7, 11) is 0. The Balaban J connectivity index is 2.09. The minimum atomic E-state index is -0.233. The molecule has 0 N–H and O–H groups in total. The van der Waals surface area contributed by atoms with Gasteiger partial charge in [0.05, 0.1) is 26.1 Å². The molecule has 148 valence electrons. The molecule has 3 rings (SSSR count). The number of hydrogen-bond donors (Lipinski definition) is 0. The summed E-state index contributed by atoms with van der Waals surface area (Å²) in [5.41, 5.74) is 1.14. The van der Waals surface area contributed by atoms with Gasteiger partial charge in [-0.1, -0.05) is 29.8 Å². The number of aromatic nitrogens is 2. The molecule has 29 heavy (non-hydrogen) atoms. The lowest BCUT2D eigenvalue weighted by molar-refractivity contribution is 0.363. The second kappa shape index (κ2) is 9.20. The number of fused-ring (bicyclic) bond motifs is 1. The second-order valence-electron chi connectivity index (χ2n) is 6.41. The van der Waals surface area contributed by atoms with Gasteiger partial charge in [-0.3, -0.25) is 4.79 Å². The molecule has 2 aromatic carbocycles. The highest BCUT2D eigenvalue weighted by Crippen LogP contribution is 2.34. The van der Waals surface area contributed by atoms with Crippen molar-refractivity contribution in [1.29, 1.82) is 5.26 Å². The summed E-state index contributed by atoms with van der Waals surface area (Å²) in [4.78, 5) is 17.7. The zero-order chi connectivity index (χ0) is 21.1. The van der Waals surface area contributed by atoms with E-state index in [2.05, 4.69) is 57.9 Å². The number of ether oxygens (including phenoxy) is 1. The van der Waals surface area contributed by atoms with E-state index >= 15 is 0 Å².